The number of imide groups is 1. The van der Waals surface area contributed by atoms with Gasteiger partial charge in [0.15, 0.2) is 0 Å². The lowest BCUT2D eigenvalue weighted by Gasteiger charge is -2.25. The molecule has 4 amide bonds. The van der Waals surface area contributed by atoms with Gasteiger partial charge in [-0.05, 0) is 43.0 Å². The number of esters is 1. The van der Waals surface area contributed by atoms with Crippen LogP contribution in [0.3, 0.4) is 0 Å². The van der Waals surface area contributed by atoms with Gasteiger partial charge in [-0.2, -0.15) is 0 Å². The molecular weight excluding hydrogens is 422 g/mol. The van der Waals surface area contributed by atoms with Crippen LogP contribution in [-0.4, -0.2) is 48.4 Å². The van der Waals surface area contributed by atoms with Crippen molar-refractivity contribution in [2.45, 2.75) is 39.2 Å². The fourth-order valence-corrected chi connectivity index (χ4v) is 3.73. The maximum Gasteiger partial charge on any atom is 0.326 e. The minimum absolute atomic E-state index is 0.177. The largest absolute Gasteiger partial charge is 0.465 e. The summed E-state index contributed by atoms with van der Waals surface area (Å²) in [7, 11) is 0. The average Bonchev–Trinajstić information content (AvgIpc) is 3.02. The molecule has 0 radical (unpaired) electrons. The number of hydrogen-bond donors (Lipinski definition) is 1. The topological polar surface area (TPSA) is 96.0 Å². The Kier molecular flexibility index (Phi) is 7.16. The van der Waals surface area contributed by atoms with E-state index in [0.717, 1.165) is 10.5 Å². The summed E-state index contributed by atoms with van der Waals surface area (Å²) in [6.45, 7) is 6.79. The maximum absolute atomic E-state index is 13.3. The highest BCUT2D eigenvalue weighted by atomic mass is 16.5. The number of nitrogens with zero attached hydrogens (tertiary/aromatic N) is 2. The minimum atomic E-state index is -1.29. The number of carbonyl (C=O) groups excluding carboxylic acids is 4. The zero-order valence-corrected chi connectivity index (χ0v) is 19.3. The van der Waals surface area contributed by atoms with Crippen LogP contribution in [0.25, 0.3) is 0 Å². The van der Waals surface area contributed by atoms with Crippen LogP contribution in [0.15, 0.2) is 54.6 Å². The number of urea groups is 1. The van der Waals surface area contributed by atoms with E-state index < -0.39 is 35.9 Å². The number of hydrogen-bond acceptors (Lipinski definition) is 5. The van der Waals surface area contributed by atoms with Gasteiger partial charge in [-0.1, -0.05) is 56.3 Å². The lowest BCUT2D eigenvalue weighted by Crippen LogP contribution is -2.46. The van der Waals surface area contributed by atoms with E-state index in [1.807, 2.05) is 24.3 Å². The third-order valence-corrected chi connectivity index (χ3v) is 5.68. The van der Waals surface area contributed by atoms with E-state index in [2.05, 4.69) is 19.2 Å². The number of benzene rings is 2. The number of anilines is 1. The van der Waals surface area contributed by atoms with Crippen molar-refractivity contribution in [2.24, 2.45) is 0 Å². The van der Waals surface area contributed by atoms with E-state index in [-0.39, 0.29) is 13.2 Å². The van der Waals surface area contributed by atoms with Gasteiger partial charge in [0.25, 0.3) is 5.91 Å². The van der Waals surface area contributed by atoms with Gasteiger partial charge in [-0.3, -0.25) is 24.2 Å². The fourth-order valence-electron chi connectivity index (χ4n) is 3.73. The van der Waals surface area contributed by atoms with Gasteiger partial charge in [-0.25, -0.2) is 4.79 Å². The van der Waals surface area contributed by atoms with Crippen molar-refractivity contribution in [1.82, 2.24) is 10.2 Å². The first-order valence-electron chi connectivity index (χ1n) is 10.9. The molecule has 0 spiro atoms. The van der Waals surface area contributed by atoms with Crippen molar-refractivity contribution in [3.63, 3.8) is 0 Å². The number of carbonyl (C=O) groups is 4. The highest BCUT2D eigenvalue weighted by molar-refractivity contribution is 6.11. The Morgan fingerprint density at radius 2 is 1.70 bits per heavy atom. The van der Waals surface area contributed by atoms with Crippen LogP contribution in [-0.2, 0) is 24.7 Å². The molecule has 3 rings (SSSR count). The molecule has 2 aromatic rings. The standard InChI is InChI=1S/C25H29N3O5/c1-5-33-22(30)16-27(20-9-7-6-8-10-20)21(29)15-28-23(31)25(4,26-24(28)32)19-13-11-18(12-14-19)17(2)3/h6-14,17H,5,15-16H2,1-4H3,(H,26,32). The van der Waals surface area contributed by atoms with Crippen molar-refractivity contribution in [3.05, 3.63) is 65.7 Å². The molecule has 0 aliphatic carbocycles. The molecule has 174 valence electrons. The molecule has 1 saturated heterocycles. The van der Waals surface area contributed by atoms with E-state index in [0.29, 0.717) is 17.2 Å². The minimum Gasteiger partial charge on any atom is -0.465 e. The van der Waals surface area contributed by atoms with E-state index in [4.69, 9.17) is 4.74 Å². The quantitative estimate of drug-likeness (QED) is 0.491. The van der Waals surface area contributed by atoms with Crippen LogP contribution >= 0.6 is 0 Å². The Morgan fingerprint density at radius 1 is 1.06 bits per heavy atom. The van der Waals surface area contributed by atoms with Gasteiger partial charge >= 0.3 is 12.0 Å². The highest BCUT2D eigenvalue weighted by Gasteiger charge is 2.49. The van der Waals surface area contributed by atoms with E-state index >= 15 is 0 Å². The summed E-state index contributed by atoms with van der Waals surface area (Å²) < 4.78 is 4.98. The summed E-state index contributed by atoms with van der Waals surface area (Å²) >= 11 is 0. The Balaban J connectivity index is 1.82. The molecule has 8 nitrogen and oxygen atoms in total. The second-order valence-corrected chi connectivity index (χ2v) is 8.34. The summed E-state index contributed by atoms with van der Waals surface area (Å²) in [5, 5.41) is 2.72. The fraction of sp³-hybridized carbons (Fsp3) is 0.360. The first-order valence-corrected chi connectivity index (χ1v) is 10.9. The molecule has 1 fully saturated rings. The normalized spacial score (nSPS) is 17.8. The van der Waals surface area contributed by atoms with Crippen LogP contribution < -0.4 is 10.2 Å². The van der Waals surface area contributed by atoms with Crippen molar-refractivity contribution >= 4 is 29.5 Å². The number of rotatable bonds is 8. The molecule has 8 heteroatoms. The number of nitrogens with one attached hydrogen (secondary N) is 1. The lowest BCUT2D eigenvalue weighted by atomic mass is 9.90. The predicted octanol–water partition coefficient (Wildman–Crippen LogP) is 3.17. The Morgan fingerprint density at radius 3 is 2.27 bits per heavy atom. The maximum atomic E-state index is 13.3. The summed E-state index contributed by atoms with van der Waals surface area (Å²) in [5.41, 5.74) is 0.927. The molecule has 33 heavy (non-hydrogen) atoms. The molecule has 1 N–H and O–H groups in total. The van der Waals surface area contributed by atoms with Crippen LogP contribution in [0.4, 0.5) is 10.5 Å². The van der Waals surface area contributed by atoms with E-state index in [1.54, 1.807) is 44.2 Å². The third kappa shape index (κ3) is 5.05. The van der Waals surface area contributed by atoms with E-state index in [1.165, 1.54) is 4.90 Å². The van der Waals surface area contributed by atoms with Gasteiger partial charge < -0.3 is 10.1 Å². The summed E-state index contributed by atoms with van der Waals surface area (Å²) in [5.74, 6) is -1.35. The van der Waals surface area contributed by atoms with Gasteiger partial charge in [0.1, 0.15) is 18.6 Å². The summed E-state index contributed by atoms with van der Waals surface area (Å²) in [4.78, 5) is 53.3. The zero-order valence-electron chi connectivity index (χ0n) is 19.3. The Bertz CT molecular complexity index is 1040. The summed E-state index contributed by atoms with van der Waals surface area (Å²) in [6, 6.07) is 15.4. The molecule has 0 bridgehead atoms. The van der Waals surface area contributed by atoms with Gasteiger partial charge in [0, 0.05) is 5.69 Å². The number of para-hydroxylation sites is 1. The van der Waals surface area contributed by atoms with Gasteiger partial charge in [-0.15, -0.1) is 0 Å². The molecular formula is C25H29N3O5. The first kappa shape index (κ1) is 24.0. The molecule has 1 heterocycles. The number of ether oxygens (including phenoxy) is 1. The predicted molar refractivity (Wildman–Crippen MR) is 124 cm³/mol. The van der Waals surface area contributed by atoms with Crippen LogP contribution in [0, 0.1) is 0 Å². The number of amides is 4. The second-order valence-electron chi connectivity index (χ2n) is 8.34. The van der Waals surface area contributed by atoms with Crippen molar-refractivity contribution in [2.75, 3.05) is 24.6 Å². The monoisotopic (exact) mass is 451 g/mol. The molecule has 0 aromatic heterocycles. The average molecular weight is 452 g/mol. The van der Waals surface area contributed by atoms with Gasteiger partial charge in [0.05, 0.1) is 6.61 Å². The zero-order chi connectivity index (χ0) is 24.2. The van der Waals surface area contributed by atoms with Crippen molar-refractivity contribution < 1.29 is 23.9 Å². The molecule has 0 saturated carbocycles. The van der Waals surface area contributed by atoms with E-state index in [9.17, 15) is 19.2 Å². The van der Waals surface area contributed by atoms with Crippen LogP contribution in [0.5, 0.6) is 0 Å². The smallest absolute Gasteiger partial charge is 0.326 e. The molecule has 2 aromatic carbocycles. The van der Waals surface area contributed by atoms with Crippen molar-refractivity contribution in [1.29, 1.82) is 0 Å². The lowest BCUT2D eigenvalue weighted by molar-refractivity contribution is -0.142. The van der Waals surface area contributed by atoms with Crippen molar-refractivity contribution in [3.8, 4) is 0 Å². The second kappa shape index (κ2) is 9.85. The molecule has 1 aliphatic rings. The molecule has 1 unspecified atom stereocenters. The Labute approximate surface area is 193 Å². The molecule has 1 aliphatic heterocycles. The summed E-state index contributed by atoms with van der Waals surface area (Å²) in [6.07, 6.45) is 0. The van der Waals surface area contributed by atoms with Crippen LogP contribution in [0.1, 0.15) is 44.7 Å². The first-order chi connectivity index (χ1) is 15.7. The molecule has 1 atom stereocenters. The SMILES string of the molecule is CCOC(=O)CN(C(=O)CN1C(=O)NC(C)(c2ccc(C(C)C)cc2)C1=O)c1ccccc1. The highest BCUT2D eigenvalue weighted by Crippen LogP contribution is 2.30. The van der Waals surface area contributed by atoms with Crippen LogP contribution in [0.2, 0.25) is 0 Å². The van der Waals surface area contributed by atoms with Gasteiger partial charge in [0.2, 0.25) is 5.91 Å². The third-order valence-electron chi connectivity index (χ3n) is 5.68. The Hall–Kier alpha value is -3.68.